The number of aromatic nitrogens is 1. The van der Waals surface area contributed by atoms with E-state index in [4.69, 9.17) is 32.4 Å². The molecule has 266 valence electrons. The summed E-state index contributed by atoms with van der Waals surface area (Å²) in [5, 5.41) is 1.21. The topological polar surface area (TPSA) is 144 Å². The highest BCUT2D eigenvalue weighted by Crippen LogP contribution is 2.42. The summed E-state index contributed by atoms with van der Waals surface area (Å²) in [6.45, 7) is 2.35. The zero-order chi connectivity index (χ0) is 36.3. The van der Waals surface area contributed by atoms with Gasteiger partial charge in [0.05, 0.1) is 32.0 Å². The van der Waals surface area contributed by atoms with Gasteiger partial charge in [-0.3, -0.25) is 0 Å². The molecule has 0 radical (unpaired) electrons. The molecular weight excluding hydrogens is 735 g/mol. The number of oxazole rings is 1. The molecule has 0 atom stereocenters. The summed E-state index contributed by atoms with van der Waals surface area (Å²) >= 11 is 12.2. The van der Waals surface area contributed by atoms with Gasteiger partial charge in [0, 0.05) is 46.7 Å². The van der Waals surface area contributed by atoms with Crippen LogP contribution in [0.1, 0.15) is 32.1 Å². The van der Waals surface area contributed by atoms with Crippen LogP contribution in [0.5, 0.6) is 5.75 Å². The minimum absolute atomic E-state index is 0.0739. The Kier molecular flexibility index (Phi) is 10.9. The van der Waals surface area contributed by atoms with Crippen LogP contribution in [-0.2, 0) is 26.8 Å². The Balaban J connectivity index is 1.39. The molecule has 4 aromatic carbocycles. The number of anilines is 1. The van der Waals surface area contributed by atoms with Gasteiger partial charge in [0.2, 0.25) is 11.5 Å². The molecule has 51 heavy (non-hydrogen) atoms. The number of halogens is 2. The summed E-state index contributed by atoms with van der Waals surface area (Å²) in [4.78, 5) is 1.84. The average molecular weight is 769 g/mol. The van der Waals surface area contributed by atoms with Crippen LogP contribution in [0.4, 0.5) is 5.69 Å². The van der Waals surface area contributed by atoms with Gasteiger partial charge in [0.15, 0.2) is 12.3 Å². The molecular formula is C37H33Cl2N2O8S2-. The molecule has 6 rings (SSSR count). The second-order valence-electron chi connectivity index (χ2n) is 12.0. The lowest BCUT2D eigenvalue weighted by molar-refractivity contribution is -0.677. The van der Waals surface area contributed by atoms with Crippen molar-refractivity contribution in [1.29, 1.82) is 0 Å². The van der Waals surface area contributed by atoms with E-state index in [1.807, 2.05) is 89.2 Å². The Morgan fingerprint density at radius 2 is 1.35 bits per heavy atom. The summed E-state index contributed by atoms with van der Waals surface area (Å²) in [5.41, 5.74) is 6.39. The second kappa shape index (κ2) is 15.2. The first-order valence-electron chi connectivity index (χ1n) is 16.1. The molecule has 0 N–H and O–H groups in total. The minimum atomic E-state index is -4.43. The number of hydrogen-bond acceptors (Lipinski definition) is 9. The second-order valence-corrected chi connectivity index (χ2v) is 15.9. The van der Waals surface area contributed by atoms with Crippen LogP contribution in [-0.4, -0.2) is 44.0 Å². The van der Waals surface area contributed by atoms with Crippen LogP contribution in [0.25, 0.3) is 39.4 Å². The Labute approximate surface area is 306 Å². The molecule has 0 spiro atoms. The summed E-state index contributed by atoms with van der Waals surface area (Å²) in [6.07, 6.45) is 4.33. The van der Waals surface area contributed by atoms with E-state index >= 15 is 0 Å². The lowest BCUT2D eigenvalue weighted by Crippen LogP contribution is -2.36. The molecule has 0 amide bonds. The van der Waals surface area contributed by atoms with E-state index in [1.54, 1.807) is 24.3 Å². The van der Waals surface area contributed by atoms with Crippen LogP contribution in [0.2, 0.25) is 10.0 Å². The Morgan fingerprint density at radius 3 is 1.96 bits per heavy atom. The molecule has 2 heterocycles. The van der Waals surface area contributed by atoms with Gasteiger partial charge in [-0.15, -0.1) is 0 Å². The third-order valence-electron chi connectivity index (χ3n) is 8.39. The predicted molar refractivity (Wildman–Crippen MR) is 196 cm³/mol. The van der Waals surface area contributed by atoms with E-state index in [1.165, 1.54) is 0 Å². The molecule has 5 aromatic rings. The number of allylic oxidation sites excluding steroid dienone is 2. The monoisotopic (exact) mass is 767 g/mol. The standard InChI is InChI=1S/C37H34Cl2N2O8S2/c1-2-25(21-36-40(17-3-19-50(42,43)44)32-23-28(9-15-34(32)48-36)26-5-11-30(38)12-6-26)22-37-41(18-4-20-51(45,46)47)33-24-29(10-16-35(33)49-37)27-7-13-31(39)14-8-27/h5-16,21-24H,2-4,17-20H2,1H3,(H-,42,43,44,45,46,47)/p-1. The minimum Gasteiger partial charge on any atom is -0.748 e. The van der Waals surface area contributed by atoms with Crippen molar-refractivity contribution in [2.45, 2.75) is 32.7 Å². The first-order chi connectivity index (χ1) is 24.3. The Bertz CT molecular complexity index is 2350. The van der Waals surface area contributed by atoms with Gasteiger partial charge in [-0.1, -0.05) is 66.5 Å². The third-order valence-corrected chi connectivity index (χ3v) is 10.5. The molecule has 0 saturated carbocycles. The molecule has 0 bridgehead atoms. The smallest absolute Gasteiger partial charge is 0.374 e. The molecule has 1 aromatic heterocycles. The quantitative estimate of drug-likeness (QED) is 0.0867. The molecule has 1 aliphatic rings. The number of fused-ring (bicyclic) bond motifs is 2. The molecule has 10 nitrogen and oxygen atoms in total. The van der Waals surface area contributed by atoms with E-state index in [0.29, 0.717) is 50.8 Å². The van der Waals surface area contributed by atoms with Crippen molar-refractivity contribution in [3.8, 4) is 28.0 Å². The first kappa shape index (κ1) is 36.6. The zero-order valence-electron chi connectivity index (χ0n) is 27.4. The van der Waals surface area contributed by atoms with Crippen molar-refractivity contribution < 1.29 is 39.7 Å². The fourth-order valence-corrected chi connectivity index (χ4v) is 7.10. The first-order valence-corrected chi connectivity index (χ1v) is 20.0. The number of benzene rings is 4. The van der Waals surface area contributed by atoms with Gasteiger partial charge in [0.1, 0.15) is 0 Å². The highest BCUT2D eigenvalue weighted by molar-refractivity contribution is 7.85. The third kappa shape index (κ3) is 9.20. The van der Waals surface area contributed by atoms with Crippen LogP contribution in [0.3, 0.4) is 0 Å². The maximum Gasteiger partial charge on any atom is 0.374 e. The van der Waals surface area contributed by atoms with E-state index in [0.717, 1.165) is 27.8 Å². The lowest BCUT2D eigenvalue weighted by atomic mass is 10.0. The van der Waals surface area contributed by atoms with Gasteiger partial charge in [-0.05, 0) is 83.1 Å². The highest BCUT2D eigenvalue weighted by atomic mass is 35.5. The number of nitrogens with zero attached hydrogens (tertiary/aromatic N) is 2. The van der Waals surface area contributed by atoms with E-state index in [9.17, 15) is 25.9 Å². The summed E-state index contributed by atoms with van der Waals surface area (Å²) in [5.74, 6) is 0.358. The van der Waals surface area contributed by atoms with Crippen molar-refractivity contribution in [1.82, 2.24) is 0 Å². The van der Waals surface area contributed by atoms with Crippen LogP contribution in [0, 0.1) is 0 Å². The molecule has 1 aliphatic heterocycles. The maximum absolute atomic E-state index is 11.5. The molecule has 0 fully saturated rings. The summed E-state index contributed by atoms with van der Waals surface area (Å²) in [7, 11) is -8.86. The number of rotatable bonds is 13. The van der Waals surface area contributed by atoms with Crippen molar-refractivity contribution >= 4 is 66.3 Å². The molecule has 0 aliphatic carbocycles. The van der Waals surface area contributed by atoms with Crippen molar-refractivity contribution in [2.75, 3.05) is 23.0 Å². The lowest BCUT2D eigenvalue weighted by Gasteiger charge is -2.19. The summed E-state index contributed by atoms with van der Waals surface area (Å²) < 4.78 is 83.2. The fourth-order valence-electron chi connectivity index (χ4n) is 5.88. The molecule has 0 saturated heterocycles. The van der Waals surface area contributed by atoms with Crippen LogP contribution < -0.4 is 14.2 Å². The number of hydrogen-bond donors (Lipinski definition) is 0. The highest BCUT2D eigenvalue weighted by Gasteiger charge is 2.28. The fraction of sp³-hybridized carbons (Fsp3) is 0.216. The summed E-state index contributed by atoms with van der Waals surface area (Å²) in [6, 6.07) is 26.2. The van der Waals surface area contributed by atoms with Crippen molar-refractivity contribution in [3.63, 3.8) is 0 Å². The van der Waals surface area contributed by atoms with Crippen molar-refractivity contribution in [3.05, 3.63) is 118 Å². The van der Waals surface area contributed by atoms with Gasteiger partial charge in [0.25, 0.3) is 5.52 Å². The predicted octanol–water partition coefficient (Wildman–Crippen LogP) is 7.77. The van der Waals surface area contributed by atoms with E-state index in [2.05, 4.69) is 0 Å². The zero-order valence-corrected chi connectivity index (χ0v) is 30.6. The van der Waals surface area contributed by atoms with Gasteiger partial charge >= 0.3 is 5.89 Å². The van der Waals surface area contributed by atoms with Crippen LogP contribution in [0.15, 0.2) is 107 Å². The Hall–Kier alpha value is -4.17. The number of ether oxygens (including phenoxy) is 1. The maximum atomic E-state index is 11.5. The van der Waals surface area contributed by atoms with Gasteiger partial charge < -0.3 is 23.2 Å². The Morgan fingerprint density at radius 1 is 0.784 bits per heavy atom. The largest absolute Gasteiger partial charge is 0.748 e. The van der Waals surface area contributed by atoms with Gasteiger partial charge in [-0.25, -0.2) is 16.8 Å². The van der Waals surface area contributed by atoms with Gasteiger partial charge in [-0.2, -0.15) is 4.57 Å². The van der Waals surface area contributed by atoms with Crippen LogP contribution >= 0.6 is 23.2 Å². The van der Waals surface area contributed by atoms with Crippen molar-refractivity contribution in [2.24, 2.45) is 0 Å². The molecule has 0 unspecified atom stereocenters. The average Bonchev–Trinajstić information content (AvgIpc) is 3.60. The van der Waals surface area contributed by atoms with E-state index < -0.39 is 31.7 Å². The van der Waals surface area contributed by atoms with E-state index in [-0.39, 0.29) is 25.9 Å². The normalized spacial score (nSPS) is 14.3. The molecule has 14 heteroatoms. The number of aryl methyl sites for hydroxylation is 1. The SMILES string of the molecule is CCC(=Cc1oc2ccc(-c3ccc(Cl)cc3)cc2[n+]1CCCS(=O)(=O)[O-])C=C1Oc2ccc(-c3ccc(Cl)cc3)cc2N1CCCS(=O)(=O)[O-].